The number of amides is 1. The first-order valence-corrected chi connectivity index (χ1v) is 5.43. The zero-order valence-electron chi connectivity index (χ0n) is 10.1. The molecule has 0 atom stereocenters. The lowest BCUT2D eigenvalue weighted by Gasteiger charge is -2.03. The number of carbonyl (C=O) groups is 2. The number of rotatable bonds is 5. The van der Waals surface area contributed by atoms with Crippen molar-refractivity contribution in [2.45, 2.75) is 0 Å². The summed E-state index contributed by atoms with van der Waals surface area (Å²) in [6, 6.07) is 7.89. The largest absolute Gasteiger partial charge is 0.478 e. The van der Waals surface area contributed by atoms with Gasteiger partial charge in [-0.1, -0.05) is 24.3 Å². The molecular formula is C14H12N2O3. The van der Waals surface area contributed by atoms with Crippen molar-refractivity contribution in [3.63, 3.8) is 0 Å². The molecular weight excluding hydrogens is 244 g/mol. The van der Waals surface area contributed by atoms with Gasteiger partial charge in [0.15, 0.2) is 0 Å². The second-order valence-electron chi connectivity index (χ2n) is 3.56. The molecule has 0 radical (unpaired) electrons. The zero-order chi connectivity index (χ0) is 14.3. The molecule has 0 heterocycles. The number of nitrogens with one attached hydrogen (secondary N) is 1. The average Bonchev–Trinajstić information content (AvgIpc) is 2.42. The molecule has 1 rings (SSSR count). The third kappa shape index (κ3) is 3.82. The molecule has 1 aromatic carbocycles. The molecule has 5 nitrogen and oxygen atoms in total. The van der Waals surface area contributed by atoms with E-state index in [9.17, 15) is 9.59 Å². The van der Waals surface area contributed by atoms with Crippen molar-refractivity contribution in [1.29, 1.82) is 5.26 Å². The van der Waals surface area contributed by atoms with Gasteiger partial charge in [-0.15, -0.1) is 6.58 Å². The van der Waals surface area contributed by atoms with Gasteiger partial charge in [-0.3, -0.25) is 4.79 Å². The summed E-state index contributed by atoms with van der Waals surface area (Å²) < 4.78 is 0. The van der Waals surface area contributed by atoms with Crippen LogP contribution in [0.4, 0.5) is 0 Å². The number of carbonyl (C=O) groups excluding carboxylic acids is 1. The minimum absolute atomic E-state index is 0.0340. The number of aromatic carboxylic acids is 1. The second kappa shape index (κ2) is 6.77. The first-order chi connectivity index (χ1) is 9.10. The number of carboxylic acid groups (broad SMARTS) is 1. The number of benzene rings is 1. The van der Waals surface area contributed by atoms with E-state index >= 15 is 0 Å². The van der Waals surface area contributed by atoms with Gasteiger partial charge < -0.3 is 10.4 Å². The van der Waals surface area contributed by atoms with Crippen molar-refractivity contribution < 1.29 is 14.7 Å². The Labute approximate surface area is 110 Å². The number of hydrogen-bond acceptors (Lipinski definition) is 3. The molecule has 0 unspecified atom stereocenters. The minimum atomic E-state index is -1.12. The van der Waals surface area contributed by atoms with Gasteiger partial charge in [0.1, 0.15) is 11.6 Å². The van der Waals surface area contributed by atoms with Crippen LogP contribution in [-0.2, 0) is 4.79 Å². The lowest BCUT2D eigenvalue weighted by atomic mass is 10.0. The minimum Gasteiger partial charge on any atom is -0.478 e. The van der Waals surface area contributed by atoms with E-state index in [2.05, 4.69) is 11.9 Å². The number of nitriles is 1. The van der Waals surface area contributed by atoms with E-state index in [4.69, 9.17) is 10.4 Å². The summed E-state index contributed by atoms with van der Waals surface area (Å²) in [5, 5.41) is 20.4. The highest BCUT2D eigenvalue weighted by molar-refractivity contribution is 6.03. The van der Waals surface area contributed by atoms with E-state index in [0.717, 1.165) is 0 Å². The highest BCUT2D eigenvalue weighted by atomic mass is 16.4. The van der Waals surface area contributed by atoms with Crippen LogP contribution >= 0.6 is 0 Å². The maximum Gasteiger partial charge on any atom is 0.336 e. The molecule has 0 saturated heterocycles. The molecule has 5 heteroatoms. The summed E-state index contributed by atoms with van der Waals surface area (Å²) in [4.78, 5) is 22.6. The van der Waals surface area contributed by atoms with Gasteiger partial charge in [0.05, 0.1) is 5.56 Å². The zero-order valence-corrected chi connectivity index (χ0v) is 10.1. The van der Waals surface area contributed by atoms with Gasteiger partial charge in [0, 0.05) is 6.54 Å². The average molecular weight is 256 g/mol. The van der Waals surface area contributed by atoms with Gasteiger partial charge >= 0.3 is 5.97 Å². The van der Waals surface area contributed by atoms with E-state index in [1.165, 1.54) is 24.3 Å². The Morgan fingerprint density at radius 2 is 2.11 bits per heavy atom. The van der Waals surface area contributed by atoms with E-state index in [1.807, 2.05) is 0 Å². The molecule has 1 aromatic rings. The predicted molar refractivity (Wildman–Crippen MR) is 70.2 cm³/mol. The van der Waals surface area contributed by atoms with Crippen molar-refractivity contribution in [2.75, 3.05) is 6.54 Å². The van der Waals surface area contributed by atoms with Crippen molar-refractivity contribution in [1.82, 2.24) is 5.32 Å². The van der Waals surface area contributed by atoms with E-state index in [0.29, 0.717) is 5.56 Å². The Morgan fingerprint density at radius 3 is 2.68 bits per heavy atom. The Bertz CT molecular complexity index is 583. The van der Waals surface area contributed by atoms with Crippen molar-refractivity contribution in [2.24, 2.45) is 0 Å². The van der Waals surface area contributed by atoms with Crippen LogP contribution in [-0.4, -0.2) is 23.5 Å². The van der Waals surface area contributed by atoms with E-state index < -0.39 is 11.9 Å². The molecule has 0 bridgehead atoms. The Balaban J connectivity index is 3.12. The van der Waals surface area contributed by atoms with Crippen LogP contribution in [0.15, 0.2) is 42.5 Å². The molecule has 0 aliphatic rings. The summed E-state index contributed by atoms with van der Waals surface area (Å²) >= 11 is 0. The summed E-state index contributed by atoms with van der Waals surface area (Å²) in [7, 11) is 0. The van der Waals surface area contributed by atoms with Gasteiger partial charge in [-0.05, 0) is 17.7 Å². The molecule has 0 aliphatic heterocycles. The summed E-state index contributed by atoms with van der Waals surface area (Å²) in [6.07, 6.45) is 2.74. The molecule has 0 aliphatic carbocycles. The first-order valence-electron chi connectivity index (χ1n) is 5.43. The van der Waals surface area contributed by atoms with Gasteiger partial charge in [-0.2, -0.15) is 5.26 Å². The van der Waals surface area contributed by atoms with E-state index in [1.54, 1.807) is 18.2 Å². The highest BCUT2D eigenvalue weighted by Gasteiger charge is 2.11. The lowest BCUT2D eigenvalue weighted by Crippen LogP contribution is -2.24. The van der Waals surface area contributed by atoms with Crippen LogP contribution in [0.25, 0.3) is 6.08 Å². The van der Waals surface area contributed by atoms with Crippen molar-refractivity contribution >= 4 is 18.0 Å². The normalized spacial score (nSPS) is 10.4. The van der Waals surface area contributed by atoms with Crippen molar-refractivity contribution in [3.05, 3.63) is 53.6 Å². The predicted octanol–water partition coefficient (Wildman–Crippen LogP) is 1.59. The second-order valence-corrected chi connectivity index (χ2v) is 3.56. The molecule has 0 aromatic heterocycles. The maximum atomic E-state index is 11.6. The fourth-order valence-corrected chi connectivity index (χ4v) is 1.38. The summed E-state index contributed by atoms with van der Waals surface area (Å²) in [5.41, 5.74) is 0.183. The topological polar surface area (TPSA) is 90.2 Å². The molecule has 2 N–H and O–H groups in total. The Kier molecular flexibility index (Phi) is 5.05. The van der Waals surface area contributed by atoms with Gasteiger partial charge in [-0.25, -0.2) is 4.79 Å². The van der Waals surface area contributed by atoms with Gasteiger partial charge in [0.25, 0.3) is 5.91 Å². The number of nitrogens with zero attached hydrogens (tertiary/aromatic N) is 1. The number of carboxylic acids is 1. The third-order valence-corrected chi connectivity index (χ3v) is 2.26. The smallest absolute Gasteiger partial charge is 0.336 e. The van der Waals surface area contributed by atoms with Crippen LogP contribution in [0.5, 0.6) is 0 Å². The Hall–Kier alpha value is -2.87. The molecule has 19 heavy (non-hydrogen) atoms. The molecule has 0 saturated carbocycles. The molecule has 96 valence electrons. The highest BCUT2D eigenvalue weighted by Crippen LogP contribution is 2.13. The van der Waals surface area contributed by atoms with Gasteiger partial charge in [0.2, 0.25) is 0 Å². The summed E-state index contributed by atoms with van der Waals surface area (Å²) in [5.74, 6) is -1.68. The maximum absolute atomic E-state index is 11.6. The monoisotopic (exact) mass is 256 g/mol. The standard InChI is InChI=1S/C14H12N2O3/c1-2-7-16-13(17)11(9-15)8-10-5-3-4-6-12(10)14(18)19/h2-6,8H,1,7H2,(H,16,17)(H,18,19)/b11-8-. The lowest BCUT2D eigenvalue weighted by molar-refractivity contribution is -0.116. The molecule has 0 spiro atoms. The van der Waals surface area contributed by atoms with Crippen LogP contribution < -0.4 is 5.32 Å². The first kappa shape index (κ1) is 14.2. The van der Waals surface area contributed by atoms with E-state index in [-0.39, 0.29) is 17.7 Å². The van der Waals surface area contributed by atoms with Crippen LogP contribution in [0.3, 0.4) is 0 Å². The summed E-state index contributed by atoms with van der Waals surface area (Å²) in [6.45, 7) is 3.68. The fourth-order valence-electron chi connectivity index (χ4n) is 1.38. The van der Waals surface area contributed by atoms with Crippen LogP contribution in [0.2, 0.25) is 0 Å². The molecule has 0 fully saturated rings. The SMILES string of the molecule is C=CCNC(=O)/C(C#N)=C\c1ccccc1C(=O)O. The van der Waals surface area contributed by atoms with Crippen molar-refractivity contribution in [3.8, 4) is 6.07 Å². The van der Waals surface area contributed by atoms with Crippen LogP contribution in [0, 0.1) is 11.3 Å². The van der Waals surface area contributed by atoms with Crippen LogP contribution in [0.1, 0.15) is 15.9 Å². The third-order valence-electron chi connectivity index (χ3n) is 2.26. The quantitative estimate of drug-likeness (QED) is 0.475. The fraction of sp³-hybridized carbons (Fsp3) is 0.0714. The molecule has 1 amide bonds. The number of hydrogen-bond donors (Lipinski definition) is 2. The Morgan fingerprint density at radius 1 is 1.42 bits per heavy atom.